The summed E-state index contributed by atoms with van der Waals surface area (Å²) in [5.74, 6) is 0.399. The number of methoxy groups -OCH3 is 1. The molecule has 1 amide bonds. The lowest BCUT2D eigenvalue weighted by atomic mass is 9.85. The average Bonchev–Trinajstić information content (AvgIpc) is 2.93. The van der Waals surface area contributed by atoms with Crippen molar-refractivity contribution in [3.63, 3.8) is 0 Å². The van der Waals surface area contributed by atoms with Gasteiger partial charge < -0.3 is 19.5 Å². The molecule has 0 aliphatic carbocycles. The van der Waals surface area contributed by atoms with Crippen molar-refractivity contribution in [2.45, 2.75) is 44.4 Å². The monoisotopic (exact) mass is 336 g/mol. The van der Waals surface area contributed by atoms with Crippen LogP contribution in [0.3, 0.4) is 0 Å². The number of nitro groups is 1. The Balaban J connectivity index is 2.18. The largest absolute Gasteiger partial charge is 0.490 e. The van der Waals surface area contributed by atoms with E-state index in [1.165, 1.54) is 19.2 Å². The maximum atomic E-state index is 12.2. The molecule has 1 aromatic carbocycles. The zero-order valence-electron chi connectivity index (χ0n) is 13.8. The van der Waals surface area contributed by atoms with Gasteiger partial charge in [0.25, 0.3) is 0 Å². The lowest BCUT2D eigenvalue weighted by molar-refractivity contribution is -0.385. The predicted octanol–water partition coefficient (Wildman–Crippen LogP) is 1.80. The molecule has 3 rings (SSSR count). The summed E-state index contributed by atoms with van der Waals surface area (Å²) < 4.78 is 10.9. The van der Waals surface area contributed by atoms with Gasteiger partial charge >= 0.3 is 5.69 Å². The third-order valence-corrected chi connectivity index (χ3v) is 4.66. The normalized spacial score (nSPS) is 25.2. The van der Waals surface area contributed by atoms with Crippen LogP contribution in [0.5, 0.6) is 11.5 Å². The van der Waals surface area contributed by atoms with E-state index in [-0.39, 0.29) is 17.3 Å². The number of fused-ring (bicyclic) bond motifs is 1. The van der Waals surface area contributed by atoms with Crippen molar-refractivity contribution in [2.75, 3.05) is 13.7 Å². The number of benzene rings is 1. The lowest BCUT2D eigenvalue weighted by Gasteiger charge is -2.45. The summed E-state index contributed by atoms with van der Waals surface area (Å²) in [5, 5.41) is 22.1. The van der Waals surface area contributed by atoms with E-state index in [1.54, 1.807) is 18.7 Å². The number of likely N-dealkylation sites (tertiary alicyclic amines) is 1. The summed E-state index contributed by atoms with van der Waals surface area (Å²) in [6.07, 6.45) is 0.120. The Bertz CT molecular complexity index is 702. The maximum Gasteiger partial charge on any atom is 0.311 e. The van der Waals surface area contributed by atoms with Crippen molar-refractivity contribution in [2.24, 2.45) is 0 Å². The molecule has 1 fully saturated rings. The van der Waals surface area contributed by atoms with Gasteiger partial charge in [-0.2, -0.15) is 0 Å². The third-order valence-electron chi connectivity index (χ3n) is 4.66. The topological polar surface area (TPSA) is 102 Å². The lowest BCUT2D eigenvalue weighted by Crippen LogP contribution is -2.53. The highest BCUT2D eigenvalue weighted by Gasteiger charge is 2.48. The van der Waals surface area contributed by atoms with Gasteiger partial charge in [-0.3, -0.25) is 14.9 Å². The van der Waals surface area contributed by atoms with Gasteiger partial charge in [0.15, 0.2) is 0 Å². The van der Waals surface area contributed by atoms with Crippen LogP contribution in [0.25, 0.3) is 0 Å². The van der Waals surface area contributed by atoms with Crippen LogP contribution in [0.4, 0.5) is 5.69 Å². The number of aliphatic hydroxyl groups is 1. The van der Waals surface area contributed by atoms with Crippen LogP contribution in [0.2, 0.25) is 0 Å². The van der Waals surface area contributed by atoms with Crippen molar-refractivity contribution < 1.29 is 24.3 Å². The van der Waals surface area contributed by atoms with E-state index in [0.717, 1.165) is 0 Å². The summed E-state index contributed by atoms with van der Waals surface area (Å²) in [6, 6.07) is 2.11. The first-order chi connectivity index (χ1) is 11.3. The number of carbonyl (C=O) groups excluding carboxylic acids is 1. The Kier molecular flexibility index (Phi) is 3.87. The third kappa shape index (κ3) is 2.47. The molecule has 0 aromatic heterocycles. The molecule has 2 aliphatic heterocycles. The van der Waals surface area contributed by atoms with Crippen molar-refractivity contribution in [3.05, 3.63) is 27.8 Å². The Morgan fingerprint density at radius 2 is 2.17 bits per heavy atom. The SMILES string of the molecule is COc1cc2c(cc1[N+](=O)[O-])[C@H](N1CCCC1=O)[C@@H](O)C(C)(C)O2. The molecule has 24 heavy (non-hydrogen) atoms. The molecular formula is C16H20N2O6. The van der Waals surface area contributed by atoms with Crippen LogP contribution < -0.4 is 9.47 Å². The van der Waals surface area contributed by atoms with E-state index in [1.807, 2.05) is 0 Å². The van der Waals surface area contributed by atoms with Gasteiger partial charge in [0, 0.05) is 30.7 Å². The standard InChI is InChI=1S/C16H20N2O6/c1-16(2)15(20)14(17-6-4-5-13(17)19)9-7-10(18(21)22)12(23-3)8-11(9)24-16/h7-8,14-15,20H,4-6H2,1-3H3/t14-,15+/m0/s1. The number of nitrogens with zero attached hydrogens (tertiary/aromatic N) is 2. The van der Waals surface area contributed by atoms with Crippen molar-refractivity contribution in [1.82, 2.24) is 4.90 Å². The Morgan fingerprint density at radius 3 is 2.71 bits per heavy atom. The molecule has 0 radical (unpaired) electrons. The number of aliphatic hydroxyl groups excluding tert-OH is 1. The smallest absolute Gasteiger partial charge is 0.311 e. The molecule has 130 valence electrons. The van der Waals surface area contributed by atoms with Crippen LogP contribution in [-0.4, -0.2) is 46.2 Å². The number of hydrogen-bond acceptors (Lipinski definition) is 6. The van der Waals surface area contributed by atoms with Gasteiger partial charge in [0.2, 0.25) is 11.7 Å². The first-order valence-corrected chi connectivity index (χ1v) is 7.79. The molecule has 1 saturated heterocycles. The highest BCUT2D eigenvalue weighted by molar-refractivity contribution is 5.79. The molecule has 8 heteroatoms. The highest BCUT2D eigenvalue weighted by atomic mass is 16.6. The van der Waals surface area contributed by atoms with Gasteiger partial charge in [-0.05, 0) is 20.3 Å². The summed E-state index contributed by atoms with van der Waals surface area (Å²) in [6.45, 7) is 3.96. The number of rotatable bonds is 3. The zero-order valence-corrected chi connectivity index (χ0v) is 13.8. The van der Waals surface area contributed by atoms with Gasteiger partial charge in [0.1, 0.15) is 17.5 Å². The summed E-state index contributed by atoms with van der Waals surface area (Å²) in [4.78, 5) is 24.5. The average molecular weight is 336 g/mol. The first-order valence-electron chi connectivity index (χ1n) is 7.79. The van der Waals surface area contributed by atoms with Crippen LogP contribution >= 0.6 is 0 Å². The molecule has 0 spiro atoms. The molecule has 1 N–H and O–H groups in total. The van der Waals surface area contributed by atoms with E-state index in [9.17, 15) is 20.0 Å². The molecule has 0 saturated carbocycles. The minimum atomic E-state index is -1.000. The molecule has 1 aromatic rings. The van der Waals surface area contributed by atoms with Gasteiger partial charge in [-0.25, -0.2) is 0 Å². The summed E-state index contributed by atoms with van der Waals surface area (Å²) >= 11 is 0. The maximum absolute atomic E-state index is 12.2. The van der Waals surface area contributed by atoms with Gasteiger partial charge in [-0.1, -0.05) is 0 Å². The minimum absolute atomic E-state index is 0.0684. The van der Waals surface area contributed by atoms with Crippen molar-refractivity contribution >= 4 is 11.6 Å². The second kappa shape index (κ2) is 5.62. The molecule has 2 aliphatic rings. The first kappa shape index (κ1) is 16.5. The highest BCUT2D eigenvalue weighted by Crippen LogP contribution is 2.47. The van der Waals surface area contributed by atoms with Crippen LogP contribution in [-0.2, 0) is 4.79 Å². The van der Waals surface area contributed by atoms with E-state index in [2.05, 4.69) is 0 Å². The van der Waals surface area contributed by atoms with E-state index in [0.29, 0.717) is 30.7 Å². The number of carbonyl (C=O) groups is 1. The molecule has 2 heterocycles. The molecule has 2 atom stereocenters. The van der Waals surface area contributed by atoms with E-state index in [4.69, 9.17) is 9.47 Å². The zero-order chi connectivity index (χ0) is 17.6. The fraction of sp³-hybridized carbons (Fsp3) is 0.562. The van der Waals surface area contributed by atoms with Crippen LogP contribution in [0.1, 0.15) is 38.3 Å². The Morgan fingerprint density at radius 1 is 1.46 bits per heavy atom. The predicted molar refractivity (Wildman–Crippen MR) is 84.1 cm³/mol. The second-order valence-corrected chi connectivity index (χ2v) is 6.60. The van der Waals surface area contributed by atoms with E-state index < -0.39 is 22.7 Å². The fourth-order valence-electron chi connectivity index (χ4n) is 3.39. The Labute approximate surface area is 139 Å². The summed E-state index contributed by atoms with van der Waals surface area (Å²) in [5.41, 5.74) is -0.727. The minimum Gasteiger partial charge on any atom is -0.490 e. The second-order valence-electron chi connectivity index (χ2n) is 6.60. The number of ether oxygens (including phenoxy) is 2. The van der Waals surface area contributed by atoms with Crippen molar-refractivity contribution in [3.8, 4) is 11.5 Å². The molecular weight excluding hydrogens is 316 g/mol. The number of nitro benzene ring substituents is 1. The summed E-state index contributed by atoms with van der Waals surface area (Å²) in [7, 11) is 1.35. The Hall–Kier alpha value is -2.35. The van der Waals surface area contributed by atoms with Crippen LogP contribution in [0.15, 0.2) is 12.1 Å². The van der Waals surface area contributed by atoms with Crippen molar-refractivity contribution in [1.29, 1.82) is 0 Å². The molecule has 8 nitrogen and oxygen atoms in total. The number of amides is 1. The number of hydrogen-bond donors (Lipinski definition) is 1. The quantitative estimate of drug-likeness (QED) is 0.667. The molecule has 0 unspecified atom stereocenters. The van der Waals surface area contributed by atoms with Gasteiger partial charge in [0.05, 0.1) is 18.1 Å². The van der Waals surface area contributed by atoms with Gasteiger partial charge in [-0.15, -0.1) is 0 Å². The van der Waals surface area contributed by atoms with Crippen LogP contribution in [0, 0.1) is 10.1 Å². The molecule has 0 bridgehead atoms. The fourth-order valence-corrected chi connectivity index (χ4v) is 3.39. The van der Waals surface area contributed by atoms with E-state index >= 15 is 0 Å².